The van der Waals surface area contributed by atoms with Crippen molar-refractivity contribution >= 4 is 0 Å². The van der Waals surface area contributed by atoms with E-state index in [0.29, 0.717) is 21.7 Å². The summed E-state index contributed by atoms with van der Waals surface area (Å²) in [4.78, 5) is 0. The van der Waals surface area contributed by atoms with Crippen molar-refractivity contribution in [2.24, 2.45) is 39.4 Å². The minimum Gasteiger partial charge on any atom is -0.0649 e. The zero-order valence-corrected chi connectivity index (χ0v) is 26.8. The molecule has 0 heteroatoms. The lowest BCUT2D eigenvalue weighted by molar-refractivity contribution is 0.224. The third-order valence-corrected chi connectivity index (χ3v) is 7.46. The lowest BCUT2D eigenvalue weighted by Crippen LogP contribution is -2.18. The molecule has 3 unspecified atom stereocenters. The van der Waals surface area contributed by atoms with E-state index in [-0.39, 0.29) is 0 Å². The monoisotopic (exact) mass is 487 g/mol. The van der Waals surface area contributed by atoms with Gasteiger partial charge in [0.25, 0.3) is 0 Å². The van der Waals surface area contributed by atoms with Gasteiger partial charge < -0.3 is 0 Å². The molecule has 1 aromatic rings. The van der Waals surface area contributed by atoms with E-state index in [9.17, 15) is 0 Å². The highest BCUT2D eigenvalue weighted by Gasteiger charge is 2.40. The molecular formula is C35H66. The SMILES string of the molecule is CC(C)(C)CC1CC2CCC1C2.CC(C)(C)Cc1ccccc1.CCC(C)(C)C.CCC(C)(C)C. The normalized spacial score (nSPS) is 21.7. The first kappa shape index (κ1) is 34.2. The fourth-order valence-corrected chi connectivity index (χ4v) is 4.62. The van der Waals surface area contributed by atoms with Gasteiger partial charge in [0.2, 0.25) is 0 Å². The summed E-state index contributed by atoms with van der Waals surface area (Å²) in [6, 6.07) is 10.6. The number of hydrogen-bond donors (Lipinski definition) is 0. The molecule has 35 heavy (non-hydrogen) atoms. The van der Waals surface area contributed by atoms with Crippen molar-refractivity contribution in [3.8, 4) is 0 Å². The molecule has 0 spiro atoms. The van der Waals surface area contributed by atoms with Gasteiger partial charge in [0.1, 0.15) is 0 Å². The Kier molecular flexibility index (Phi) is 14.5. The van der Waals surface area contributed by atoms with E-state index in [1.54, 1.807) is 25.7 Å². The van der Waals surface area contributed by atoms with Crippen LogP contribution >= 0.6 is 0 Å². The lowest BCUT2D eigenvalue weighted by Gasteiger charge is -2.28. The van der Waals surface area contributed by atoms with Crippen LogP contribution in [0.1, 0.15) is 147 Å². The largest absolute Gasteiger partial charge is 0.0649 e. The van der Waals surface area contributed by atoms with Crippen molar-refractivity contribution < 1.29 is 0 Å². The van der Waals surface area contributed by atoms with Gasteiger partial charge in [0.05, 0.1) is 0 Å². The molecule has 2 bridgehead atoms. The van der Waals surface area contributed by atoms with Gasteiger partial charge in [-0.15, -0.1) is 0 Å². The van der Waals surface area contributed by atoms with E-state index in [1.807, 2.05) is 0 Å². The summed E-state index contributed by atoms with van der Waals surface area (Å²) < 4.78 is 0. The molecule has 2 saturated carbocycles. The molecule has 2 aliphatic carbocycles. The summed E-state index contributed by atoms with van der Waals surface area (Å²) in [5.41, 5.74) is 3.48. The lowest BCUT2D eigenvalue weighted by atomic mass is 9.77. The third-order valence-electron chi connectivity index (χ3n) is 7.46. The zero-order valence-electron chi connectivity index (χ0n) is 26.8. The Morgan fingerprint density at radius 2 is 1.06 bits per heavy atom. The molecular weight excluding hydrogens is 420 g/mol. The Hall–Kier alpha value is -0.780. The van der Waals surface area contributed by atoms with Crippen molar-refractivity contribution in [1.29, 1.82) is 0 Å². The maximum atomic E-state index is 2.39. The summed E-state index contributed by atoms with van der Waals surface area (Å²) in [5, 5.41) is 0. The molecule has 2 aliphatic rings. The van der Waals surface area contributed by atoms with Gasteiger partial charge in [0, 0.05) is 0 Å². The van der Waals surface area contributed by atoms with E-state index in [1.165, 1.54) is 24.8 Å². The number of rotatable bonds is 2. The van der Waals surface area contributed by atoms with E-state index >= 15 is 0 Å². The molecule has 2 fully saturated rings. The molecule has 0 amide bonds. The quantitative estimate of drug-likeness (QED) is 0.390. The maximum Gasteiger partial charge on any atom is -0.0230 e. The molecule has 0 radical (unpaired) electrons. The second-order valence-corrected chi connectivity index (χ2v) is 16.3. The molecule has 0 aromatic heterocycles. The van der Waals surface area contributed by atoms with Crippen LogP contribution in [0, 0.1) is 39.4 Å². The van der Waals surface area contributed by atoms with Crippen LogP contribution in [0.2, 0.25) is 0 Å². The van der Waals surface area contributed by atoms with Gasteiger partial charge in [-0.3, -0.25) is 0 Å². The molecule has 3 atom stereocenters. The van der Waals surface area contributed by atoms with Gasteiger partial charge in [-0.05, 0) is 77.1 Å². The fourth-order valence-electron chi connectivity index (χ4n) is 4.62. The van der Waals surface area contributed by atoms with Crippen molar-refractivity contribution in [1.82, 2.24) is 0 Å². The van der Waals surface area contributed by atoms with Crippen molar-refractivity contribution in [2.75, 3.05) is 0 Å². The van der Waals surface area contributed by atoms with Gasteiger partial charge in [-0.25, -0.2) is 0 Å². The average Bonchev–Trinajstić information content (AvgIpc) is 3.29. The van der Waals surface area contributed by atoms with Crippen LogP contribution in [0.15, 0.2) is 30.3 Å². The van der Waals surface area contributed by atoms with Gasteiger partial charge in [0.15, 0.2) is 0 Å². The van der Waals surface area contributed by atoms with Crippen LogP contribution in [-0.2, 0) is 6.42 Å². The van der Waals surface area contributed by atoms with E-state index in [0.717, 1.165) is 24.2 Å². The molecule has 0 saturated heterocycles. The second kappa shape index (κ2) is 14.8. The third kappa shape index (κ3) is 20.0. The Labute approximate surface area is 223 Å². The molecule has 1 aromatic carbocycles. The Morgan fingerprint density at radius 1 is 0.600 bits per heavy atom. The highest BCUT2D eigenvalue weighted by Crippen LogP contribution is 2.51. The standard InChI is InChI=1S/C12H22.C11H16.2C6H14/c1-12(2,3)8-11-7-9-4-5-10(11)6-9;1-11(2,3)9-10-7-5-4-6-8-10;2*1-5-6(2,3)4/h9-11H,4-8H2,1-3H3;4-8H,9H2,1-3H3;2*5H2,1-4H3. The molecule has 0 aliphatic heterocycles. The predicted octanol–water partition coefficient (Wildman–Crippen LogP) is 12.0. The Bertz CT molecular complexity index is 624. The predicted molar refractivity (Wildman–Crippen MR) is 162 cm³/mol. The first-order valence-corrected chi connectivity index (χ1v) is 14.8. The van der Waals surface area contributed by atoms with Crippen molar-refractivity contribution in [3.63, 3.8) is 0 Å². The molecule has 3 rings (SSSR count). The smallest absolute Gasteiger partial charge is 0.0230 e. The summed E-state index contributed by atoms with van der Waals surface area (Å²) >= 11 is 0. The second-order valence-electron chi connectivity index (χ2n) is 16.3. The Morgan fingerprint density at radius 3 is 1.34 bits per heavy atom. The summed E-state index contributed by atoms with van der Waals surface area (Å²) in [6.07, 6.45) is 11.4. The van der Waals surface area contributed by atoms with Gasteiger partial charge in [-0.1, -0.05) is 147 Å². The molecule has 0 heterocycles. The summed E-state index contributed by atoms with van der Waals surface area (Å²) in [6.45, 7) is 31.8. The van der Waals surface area contributed by atoms with Crippen molar-refractivity contribution in [3.05, 3.63) is 35.9 Å². The van der Waals surface area contributed by atoms with Crippen LogP contribution in [0.25, 0.3) is 0 Å². The minimum absolute atomic E-state index is 0.404. The highest BCUT2D eigenvalue weighted by molar-refractivity contribution is 5.15. The average molecular weight is 487 g/mol. The van der Waals surface area contributed by atoms with Gasteiger partial charge in [-0.2, -0.15) is 0 Å². The van der Waals surface area contributed by atoms with Crippen molar-refractivity contribution in [2.45, 2.75) is 148 Å². The van der Waals surface area contributed by atoms with Crippen LogP contribution in [-0.4, -0.2) is 0 Å². The van der Waals surface area contributed by atoms with E-state index in [2.05, 4.69) is 127 Å². The Balaban J connectivity index is 0.000000465. The topological polar surface area (TPSA) is 0 Å². The van der Waals surface area contributed by atoms with Crippen LogP contribution in [0.5, 0.6) is 0 Å². The minimum atomic E-state index is 0.404. The van der Waals surface area contributed by atoms with Crippen LogP contribution < -0.4 is 0 Å². The molecule has 0 N–H and O–H groups in total. The number of hydrogen-bond acceptors (Lipinski definition) is 0. The molecule has 0 nitrogen and oxygen atoms in total. The van der Waals surface area contributed by atoms with Gasteiger partial charge >= 0.3 is 0 Å². The molecule has 206 valence electrons. The van der Waals surface area contributed by atoms with E-state index in [4.69, 9.17) is 0 Å². The van der Waals surface area contributed by atoms with Crippen LogP contribution in [0.3, 0.4) is 0 Å². The number of benzene rings is 1. The first-order valence-electron chi connectivity index (χ1n) is 14.8. The first-order chi connectivity index (χ1) is 15.7. The summed E-state index contributed by atoms with van der Waals surface area (Å²) in [5.74, 6) is 3.33. The van der Waals surface area contributed by atoms with E-state index < -0.39 is 0 Å². The fraction of sp³-hybridized carbons (Fsp3) is 0.829. The number of fused-ring (bicyclic) bond motifs is 2. The summed E-state index contributed by atoms with van der Waals surface area (Å²) in [7, 11) is 0. The van der Waals surface area contributed by atoms with Crippen LogP contribution in [0.4, 0.5) is 0 Å². The zero-order chi connectivity index (χ0) is 27.5. The highest BCUT2D eigenvalue weighted by atomic mass is 14.5. The maximum absolute atomic E-state index is 2.39.